The highest BCUT2D eigenvalue weighted by atomic mass is 127. The monoisotopic (exact) mass is 349 g/mol. The Labute approximate surface area is 114 Å². The zero-order valence-corrected chi connectivity index (χ0v) is 11.8. The lowest BCUT2D eigenvalue weighted by Gasteiger charge is -2.26. The van der Waals surface area contributed by atoms with E-state index < -0.39 is 0 Å². The average Bonchev–Trinajstić information content (AvgIpc) is 2.36. The normalized spacial score (nSPS) is 17.0. The second-order valence-corrected chi connectivity index (χ2v) is 5.18. The quantitative estimate of drug-likeness (QED) is 0.831. The molecular formula is C11H16IN3O2. The van der Waals surface area contributed by atoms with Gasteiger partial charge in [-0.1, -0.05) is 6.42 Å². The predicted molar refractivity (Wildman–Crippen MR) is 73.4 cm³/mol. The van der Waals surface area contributed by atoms with Crippen LogP contribution in [-0.2, 0) is 0 Å². The molecule has 0 amide bonds. The molecule has 1 aliphatic heterocycles. The molecule has 0 aromatic carbocycles. The van der Waals surface area contributed by atoms with Crippen molar-refractivity contribution in [3.05, 3.63) is 20.3 Å². The zero-order chi connectivity index (χ0) is 12.1. The van der Waals surface area contributed by atoms with E-state index in [0.717, 1.165) is 19.6 Å². The molecule has 2 rings (SSSR count). The SMILES string of the molecule is O=c1[nH]cnc(OCCN2CCCCC2)c1I. The Morgan fingerprint density at radius 2 is 2.18 bits per heavy atom. The lowest BCUT2D eigenvalue weighted by atomic mass is 10.1. The Morgan fingerprint density at radius 3 is 2.94 bits per heavy atom. The van der Waals surface area contributed by atoms with Gasteiger partial charge in [-0.3, -0.25) is 9.69 Å². The van der Waals surface area contributed by atoms with E-state index in [4.69, 9.17) is 4.74 Å². The van der Waals surface area contributed by atoms with Crippen molar-refractivity contribution in [2.45, 2.75) is 19.3 Å². The minimum Gasteiger partial charge on any atom is -0.475 e. The van der Waals surface area contributed by atoms with Gasteiger partial charge in [0, 0.05) is 6.54 Å². The van der Waals surface area contributed by atoms with Gasteiger partial charge in [0.2, 0.25) is 5.88 Å². The summed E-state index contributed by atoms with van der Waals surface area (Å²) in [6.45, 7) is 3.81. The largest absolute Gasteiger partial charge is 0.475 e. The summed E-state index contributed by atoms with van der Waals surface area (Å²) < 4.78 is 6.06. The molecule has 0 radical (unpaired) electrons. The van der Waals surface area contributed by atoms with E-state index in [0.29, 0.717) is 16.1 Å². The predicted octanol–water partition coefficient (Wildman–Crippen LogP) is 1.24. The fourth-order valence-electron chi connectivity index (χ4n) is 1.92. The molecule has 1 aliphatic rings. The number of hydrogen-bond acceptors (Lipinski definition) is 4. The zero-order valence-electron chi connectivity index (χ0n) is 9.62. The van der Waals surface area contributed by atoms with Gasteiger partial charge < -0.3 is 9.72 Å². The van der Waals surface area contributed by atoms with Crippen molar-refractivity contribution in [2.24, 2.45) is 0 Å². The maximum atomic E-state index is 11.3. The van der Waals surface area contributed by atoms with E-state index in [1.54, 1.807) is 0 Å². The van der Waals surface area contributed by atoms with E-state index in [1.807, 2.05) is 22.6 Å². The van der Waals surface area contributed by atoms with Gasteiger partial charge in [0.1, 0.15) is 10.2 Å². The Balaban J connectivity index is 1.81. The van der Waals surface area contributed by atoms with Gasteiger partial charge in [0.15, 0.2) is 0 Å². The first-order valence-corrected chi connectivity index (χ1v) is 6.93. The second-order valence-electron chi connectivity index (χ2n) is 4.10. The number of nitrogens with one attached hydrogen (secondary N) is 1. The topological polar surface area (TPSA) is 58.2 Å². The maximum absolute atomic E-state index is 11.3. The molecule has 0 bridgehead atoms. The molecule has 0 atom stereocenters. The number of H-pyrrole nitrogens is 1. The molecule has 0 unspecified atom stereocenters. The van der Waals surface area contributed by atoms with Crippen molar-refractivity contribution in [2.75, 3.05) is 26.2 Å². The first-order valence-electron chi connectivity index (χ1n) is 5.86. The van der Waals surface area contributed by atoms with Gasteiger partial charge in [0.05, 0.1) is 6.33 Å². The van der Waals surface area contributed by atoms with Crippen LogP contribution < -0.4 is 10.3 Å². The molecule has 5 nitrogen and oxygen atoms in total. The molecule has 1 aromatic rings. The molecule has 0 spiro atoms. The van der Waals surface area contributed by atoms with Gasteiger partial charge in [-0.2, -0.15) is 0 Å². The van der Waals surface area contributed by atoms with E-state index in [1.165, 1.54) is 25.6 Å². The van der Waals surface area contributed by atoms with Crippen LogP contribution in [0, 0.1) is 3.57 Å². The molecule has 94 valence electrons. The standard InChI is InChI=1S/C11H16IN3O2/c12-9-10(16)13-8-14-11(9)17-7-6-15-4-2-1-3-5-15/h8H,1-7H2,(H,13,14,16). The third kappa shape index (κ3) is 3.67. The molecule has 1 fully saturated rings. The highest BCUT2D eigenvalue weighted by molar-refractivity contribution is 14.1. The third-order valence-corrected chi connectivity index (χ3v) is 3.81. The summed E-state index contributed by atoms with van der Waals surface area (Å²) in [5.74, 6) is 0.436. The second kappa shape index (κ2) is 6.34. The number of ether oxygens (including phenoxy) is 1. The van der Waals surface area contributed by atoms with Crippen LogP contribution in [0.4, 0.5) is 0 Å². The van der Waals surface area contributed by atoms with E-state index in [9.17, 15) is 4.79 Å². The van der Waals surface area contributed by atoms with E-state index >= 15 is 0 Å². The summed E-state index contributed by atoms with van der Waals surface area (Å²) in [6.07, 6.45) is 5.27. The summed E-state index contributed by atoms with van der Waals surface area (Å²) in [5, 5.41) is 0. The molecule has 1 aromatic heterocycles. The minimum absolute atomic E-state index is 0.145. The van der Waals surface area contributed by atoms with E-state index in [2.05, 4.69) is 14.9 Å². The highest BCUT2D eigenvalue weighted by Crippen LogP contribution is 2.12. The summed E-state index contributed by atoms with van der Waals surface area (Å²) in [7, 11) is 0. The molecule has 2 heterocycles. The lowest BCUT2D eigenvalue weighted by Crippen LogP contribution is -2.33. The Hall–Kier alpha value is -0.630. The fourth-order valence-corrected chi connectivity index (χ4v) is 2.37. The average molecular weight is 349 g/mol. The minimum atomic E-state index is -0.145. The van der Waals surface area contributed by atoms with Gasteiger partial charge in [-0.25, -0.2) is 4.98 Å². The van der Waals surface area contributed by atoms with Crippen LogP contribution in [0.3, 0.4) is 0 Å². The maximum Gasteiger partial charge on any atom is 0.268 e. The van der Waals surface area contributed by atoms with Crippen molar-refractivity contribution in [1.29, 1.82) is 0 Å². The van der Waals surface area contributed by atoms with Crippen LogP contribution in [0.5, 0.6) is 5.88 Å². The number of rotatable bonds is 4. The van der Waals surface area contributed by atoms with Crippen LogP contribution in [0.2, 0.25) is 0 Å². The molecule has 1 saturated heterocycles. The van der Waals surface area contributed by atoms with Crippen LogP contribution in [0.1, 0.15) is 19.3 Å². The lowest BCUT2D eigenvalue weighted by molar-refractivity contribution is 0.179. The van der Waals surface area contributed by atoms with Crippen LogP contribution in [0.25, 0.3) is 0 Å². The Morgan fingerprint density at radius 1 is 1.41 bits per heavy atom. The van der Waals surface area contributed by atoms with E-state index in [-0.39, 0.29) is 5.56 Å². The van der Waals surface area contributed by atoms with Gasteiger partial charge >= 0.3 is 0 Å². The Bertz CT molecular complexity index is 415. The van der Waals surface area contributed by atoms with Crippen molar-refractivity contribution in [3.8, 4) is 5.88 Å². The van der Waals surface area contributed by atoms with Crippen LogP contribution in [-0.4, -0.2) is 41.1 Å². The summed E-state index contributed by atoms with van der Waals surface area (Å²) in [4.78, 5) is 20.2. The third-order valence-electron chi connectivity index (χ3n) is 2.86. The number of hydrogen-bond donors (Lipinski definition) is 1. The number of halogens is 1. The molecular weight excluding hydrogens is 333 g/mol. The number of nitrogens with zero attached hydrogens (tertiary/aromatic N) is 2. The number of aromatic nitrogens is 2. The molecule has 6 heteroatoms. The fraction of sp³-hybridized carbons (Fsp3) is 0.636. The Kier molecular flexibility index (Phi) is 4.78. The van der Waals surface area contributed by atoms with Gasteiger partial charge in [0.25, 0.3) is 5.56 Å². The first kappa shape index (κ1) is 12.8. The summed E-state index contributed by atoms with van der Waals surface area (Å²) in [5.41, 5.74) is -0.145. The molecule has 0 aliphatic carbocycles. The van der Waals surface area contributed by atoms with Gasteiger partial charge in [-0.05, 0) is 48.5 Å². The van der Waals surface area contributed by atoms with Crippen molar-refractivity contribution >= 4 is 22.6 Å². The molecule has 0 saturated carbocycles. The van der Waals surface area contributed by atoms with Crippen LogP contribution in [0.15, 0.2) is 11.1 Å². The molecule has 17 heavy (non-hydrogen) atoms. The highest BCUT2D eigenvalue weighted by Gasteiger charge is 2.11. The smallest absolute Gasteiger partial charge is 0.268 e. The first-order chi connectivity index (χ1) is 8.27. The number of aromatic amines is 1. The number of likely N-dealkylation sites (tertiary alicyclic amines) is 1. The van der Waals surface area contributed by atoms with Crippen molar-refractivity contribution in [3.63, 3.8) is 0 Å². The van der Waals surface area contributed by atoms with Gasteiger partial charge in [-0.15, -0.1) is 0 Å². The van der Waals surface area contributed by atoms with Crippen molar-refractivity contribution in [1.82, 2.24) is 14.9 Å². The number of piperidine rings is 1. The van der Waals surface area contributed by atoms with Crippen molar-refractivity contribution < 1.29 is 4.74 Å². The summed E-state index contributed by atoms with van der Waals surface area (Å²) >= 11 is 1.95. The summed E-state index contributed by atoms with van der Waals surface area (Å²) in [6, 6.07) is 0. The molecule has 1 N–H and O–H groups in total. The van der Waals surface area contributed by atoms with Crippen LogP contribution >= 0.6 is 22.6 Å².